The van der Waals surface area contributed by atoms with Gasteiger partial charge in [0, 0.05) is 0 Å². The summed E-state index contributed by atoms with van der Waals surface area (Å²) in [5.41, 5.74) is -1.58. The van der Waals surface area contributed by atoms with Gasteiger partial charge in [0.1, 0.15) is 12.1 Å². The molecule has 1 aromatic rings. The van der Waals surface area contributed by atoms with Gasteiger partial charge in [-0.25, -0.2) is 18.0 Å². The van der Waals surface area contributed by atoms with E-state index in [1.54, 1.807) is 0 Å². The number of anilines is 1. The molecule has 1 aliphatic carbocycles. The number of amides is 4. The van der Waals surface area contributed by atoms with Gasteiger partial charge in [-0.1, -0.05) is 19.8 Å². The Morgan fingerprint density at radius 2 is 2.00 bits per heavy atom. The fourth-order valence-electron chi connectivity index (χ4n) is 3.59. The molecule has 0 aromatic heterocycles. The lowest BCUT2D eigenvalue weighted by Gasteiger charge is -2.36. The maximum Gasteiger partial charge on any atom is 0.325 e. The number of rotatable bonds is 3. The van der Waals surface area contributed by atoms with E-state index in [2.05, 4.69) is 10.6 Å². The van der Waals surface area contributed by atoms with Gasteiger partial charge in [-0.3, -0.25) is 14.5 Å². The van der Waals surface area contributed by atoms with E-state index in [9.17, 15) is 27.6 Å². The van der Waals surface area contributed by atoms with Gasteiger partial charge < -0.3 is 10.6 Å². The number of hydrogen-bond donors (Lipinski definition) is 2. The van der Waals surface area contributed by atoms with Crippen LogP contribution in [-0.4, -0.2) is 34.8 Å². The van der Waals surface area contributed by atoms with E-state index in [1.807, 2.05) is 6.92 Å². The fourth-order valence-corrected chi connectivity index (χ4v) is 3.59. The van der Waals surface area contributed by atoms with E-state index >= 15 is 0 Å². The number of nitrogens with zero attached hydrogens (tertiary/aromatic N) is 1. The van der Waals surface area contributed by atoms with Crippen LogP contribution in [-0.2, 0) is 9.59 Å². The van der Waals surface area contributed by atoms with Crippen molar-refractivity contribution in [2.45, 2.75) is 38.1 Å². The second-order valence-corrected chi connectivity index (χ2v) is 6.71. The molecule has 6 nitrogen and oxygen atoms in total. The lowest BCUT2D eigenvalue weighted by molar-refractivity contribution is -0.136. The standard InChI is InChI=1S/C17H18F3N3O3/c1-9-4-2-3-7-17(9)15(25)23(16(26)22-17)8-12(24)21-11-6-5-10(18)13(19)14(11)20/h5-6,9H,2-4,7-8H2,1H3,(H,21,24)(H,22,26)/t9-,17-/m0/s1. The molecule has 1 saturated carbocycles. The van der Waals surface area contributed by atoms with Gasteiger partial charge in [0.05, 0.1) is 5.69 Å². The van der Waals surface area contributed by atoms with Crippen LogP contribution in [0.4, 0.5) is 23.7 Å². The molecule has 0 radical (unpaired) electrons. The Hall–Kier alpha value is -2.58. The Labute approximate surface area is 147 Å². The molecule has 4 amide bonds. The molecule has 2 aliphatic rings. The second-order valence-electron chi connectivity index (χ2n) is 6.71. The van der Waals surface area contributed by atoms with Gasteiger partial charge in [0.2, 0.25) is 5.91 Å². The van der Waals surface area contributed by atoms with Gasteiger partial charge in [-0.2, -0.15) is 0 Å². The number of urea groups is 1. The molecule has 1 heterocycles. The molecule has 3 rings (SSSR count). The fraction of sp³-hybridized carbons (Fsp3) is 0.471. The minimum atomic E-state index is -1.72. The molecule has 2 fully saturated rings. The Kier molecular flexibility index (Phi) is 4.64. The van der Waals surface area contributed by atoms with Gasteiger partial charge >= 0.3 is 6.03 Å². The quantitative estimate of drug-likeness (QED) is 0.635. The maximum atomic E-state index is 13.6. The Morgan fingerprint density at radius 1 is 1.27 bits per heavy atom. The van der Waals surface area contributed by atoms with Crippen molar-refractivity contribution < 1.29 is 27.6 Å². The first-order valence-corrected chi connectivity index (χ1v) is 8.33. The van der Waals surface area contributed by atoms with Gasteiger partial charge in [0.15, 0.2) is 17.5 Å². The largest absolute Gasteiger partial charge is 0.325 e. The smallest absolute Gasteiger partial charge is 0.323 e. The molecule has 140 valence electrons. The van der Waals surface area contributed by atoms with E-state index in [0.717, 1.165) is 30.2 Å². The second kappa shape index (κ2) is 6.62. The number of hydrogen-bond acceptors (Lipinski definition) is 3. The molecular formula is C17H18F3N3O3. The third-order valence-electron chi connectivity index (χ3n) is 5.11. The summed E-state index contributed by atoms with van der Waals surface area (Å²) in [5, 5.41) is 4.74. The van der Waals surface area contributed by atoms with Gasteiger partial charge in [0.25, 0.3) is 5.91 Å². The molecule has 1 saturated heterocycles. The molecule has 1 spiro atoms. The van der Waals surface area contributed by atoms with Crippen molar-refractivity contribution in [1.82, 2.24) is 10.2 Å². The van der Waals surface area contributed by atoms with Crippen LogP contribution in [0, 0.1) is 23.4 Å². The summed E-state index contributed by atoms with van der Waals surface area (Å²) >= 11 is 0. The van der Waals surface area contributed by atoms with Crippen LogP contribution in [0.1, 0.15) is 32.6 Å². The van der Waals surface area contributed by atoms with Crippen molar-refractivity contribution in [2.24, 2.45) is 5.92 Å². The van der Waals surface area contributed by atoms with E-state index < -0.39 is 53.1 Å². The van der Waals surface area contributed by atoms with Crippen molar-refractivity contribution in [3.63, 3.8) is 0 Å². The summed E-state index contributed by atoms with van der Waals surface area (Å²) in [6, 6.07) is 0.840. The van der Waals surface area contributed by atoms with Gasteiger partial charge in [-0.05, 0) is 30.9 Å². The minimum Gasteiger partial charge on any atom is -0.323 e. The van der Waals surface area contributed by atoms with Crippen LogP contribution in [0.5, 0.6) is 0 Å². The third-order valence-corrected chi connectivity index (χ3v) is 5.11. The number of imide groups is 1. The van der Waals surface area contributed by atoms with E-state index in [0.29, 0.717) is 12.5 Å². The van der Waals surface area contributed by atoms with Crippen LogP contribution in [0.25, 0.3) is 0 Å². The zero-order chi connectivity index (χ0) is 19.1. The SMILES string of the molecule is C[C@H]1CCCC[C@]12NC(=O)N(CC(=O)Nc1ccc(F)c(F)c1F)C2=O. The number of nitrogens with one attached hydrogen (secondary N) is 2. The Morgan fingerprint density at radius 3 is 2.69 bits per heavy atom. The molecule has 1 aromatic carbocycles. The summed E-state index contributed by atoms with van der Waals surface area (Å²) in [6.07, 6.45) is 3.03. The molecular weight excluding hydrogens is 351 g/mol. The normalized spacial score (nSPS) is 25.5. The molecule has 26 heavy (non-hydrogen) atoms. The van der Waals surface area contributed by atoms with Crippen molar-refractivity contribution in [3.05, 3.63) is 29.6 Å². The summed E-state index contributed by atoms with van der Waals surface area (Å²) in [4.78, 5) is 37.8. The van der Waals surface area contributed by atoms with Crippen LogP contribution in [0.15, 0.2) is 12.1 Å². The average Bonchev–Trinajstić information content (AvgIpc) is 2.83. The highest BCUT2D eigenvalue weighted by atomic mass is 19.2. The monoisotopic (exact) mass is 369 g/mol. The van der Waals surface area contributed by atoms with Crippen LogP contribution in [0.2, 0.25) is 0 Å². The number of carbonyl (C=O) groups is 3. The molecule has 0 bridgehead atoms. The molecule has 9 heteroatoms. The predicted molar refractivity (Wildman–Crippen MR) is 85.6 cm³/mol. The van der Waals surface area contributed by atoms with Crippen molar-refractivity contribution >= 4 is 23.5 Å². The number of halogens is 3. The highest BCUT2D eigenvalue weighted by Gasteiger charge is 2.55. The molecule has 1 aliphatic heterocycles. The lowest BCUT2D eigenvalue weighted by Crippen LogP contribution is -2.54. The zero-order valence-corrected chi connectivity index (χ0v) is 14.1. The van der Waals surface area contributed by atoms with E-state index in [1.165, 1.54) is 0 Å². The van der Waals surface area contributed by atoms with E-state index in [4.69, 9.17) is 0 Å². The van der Waals surface area contributed by atoms with Crippen LogP contribution >= 0.6 is 0 Å². The summed E-state index contributed by atoms with van der Waals surface area (Å²) in [5.74, 6) is -6.09. The summed E-state index contributed by atoms with van der Waals surface area (Å²) in [6.45, 7) is 1.23. The van der Waals surface area contributed by atoms with Crippen molar-refractivity contribution in [2.75, 3.05) is 11.9 Å². The first-order valence-electron chi connectivity index (χ1n) is 8.33. The number of carbonyl (C=O) groups excluding carboxylic acids is 3. The van der Waals surface area contributed by atoms with Gasteiger partial charge in [-0.15, -0.1) is 0 Å². The van der Waals surface area contributed by atoms with E-state index in [-0.39, 0.29) is 5.92 Å². The minimum absolute atomic E-state index is 0.0654. The maximum absolute atomic E-state index is 13.6. The summed E-state index contributed by atoms with van der Waals surface area (Å²) < 4.78 is 39.8. The number of benzene rings is 1. The van der Waals surface area contributed by atoms with Crippen molar-refractivity contribution in [3.8, 4) is 0 Å². The van der Waals surface area contributed by atoms with Crippen LogP contribution in [0.3, 0.4) is 0 Å². The Balaban J connectivity index is 1.73. The summed E-state index contributed by atoms with van der Waals surface area (Å²) in [7, 11) is 0. The Bertz CT molecular complexity index is 786. The lowest BCUT2D eigenvalue weighted by atomic mass is 9.73. The van der Waals surface area contributed by atoms with Crippen molar-refractivity contribution in [1.29, 1.82) is 0 Å². The molecule has 2 N–H and O–H groups in total. The first kappa shape index (κ1) is 18.2. The third kappa shape index (κ3) is 2.91. The molecule has 0 unspecified atom stereocenters. The topological polar surface area (TPSA) is 78.5 Å². The highest BCUT2D eigenvalue weighted by Crippen LogP contribution is 2.38. The molecule has 2 atom stereocenters. The zero-order valence-electron chi connectivity index (χ0n) is 14.1. The highest BCUT2D eigenvalue weighted by molar-refractivity contribution is 6.10. The predicted octanol–water partition coefficient (Wildman–Crippen LogP) is 2.54. The average molecular weight is 369 g/mol. The first-order chi connectivity index (χ1) is 12.3. The van der Waals surface area contributed by atoms with Crippen LogP contribution < -0.4 is 10.6 Å².